The average molecular weight is 226 g/mol. The maximum absolute atomic E-state index is 5.98. The molecule has 1 heterocycles. The van der Waals surface area contributed by atoms with Crippen LogP contribution in [0.4, 0.5) is 0 Å². The molecule has 1 saturated heterocycles. The Labute approximate surface area is 99.3 Å². The van der Waals surface area contributed by atoms with Gasteiger partial charge in [0.1, 0.15) is 0 Å². The third-order valence-electron chi connectivity index (χ3n) is 4.07. The van der Waals surface area contributed by atoms with Crippen LogP contribution in [0.2, 0.25) is 0 Å². The number of ether oxygens (including phenoxy) is 1. The van der Waals surface area contributed by atoms with Gasteiger partial charge in [-0.25, -0.2) is 0 Å². The topological polar surface area (TPSA) is 38.5 Å². The van der Waals surface area contributed by atoms with Crippen molar-refractivity contribution in [2.75, 3.05) is 19.8 Å². The van der Waals surface area contributed by atoms with Gasteiger partial charge in [-0.15, -0.1) is 0 Å². The molecule has 2 aliphatic rings. The van der Waals surface area contributed by atoms with Gasteiger partial charge in [0.2, 0.25) is 0 Å². The molecule has 1 unspecified atom stereocenters. The zero-order valence-electron chi connectivity index (χ0n) is 10.5. The fourth-order valence-corrected chi connectivity index (χ4v) is 3.14. The summed E-state index contributed by atoms with van der Waals surface area (Å²) in [6, 6.07) is 1.91. The zero-order valence-corrected chi connectivity index (χ0v) is 10.5. The van der Waals surface area contributed by atoms with Crippen LogP contribution in [0.5, 0.6) is 0 Å². The molecule has 0 radical (unpaired) electrons. The maximum atomic E-state index is 5.98. The molecule has 16 heavy (non-hydrogen) atoms. The van der Waals surface area contributed by atoms with Crippen LogP contribution < -0.4 is 5.73 Å². The smallest absolute Gasteiger partial charge is 0.0622 e. The van der Waals surface area contributed by atoms with Crippen LogP contribution in [0.25, 0.3) is 0 Å². The Kier molecular flexibility index (Phi) is 4.62. The lowest BCUT2D eigenvalue weighted by Crippen LogP contribution is -2.47. The second-order valence-electron chi connectivity index (χ2n) is 5.32. The van der Waals surface area contributed by atoms with E-state index in [2.05, 4.69) is 11.8 Å². The van der Waals surface area contributed by atoms with Crippen molar-refractivity contribution < 1.29 is 4.74 Å². The van der Waals surface area contributed by atoms with E-state index in [-0.39, 0.29) is 0 Å². The van der Waals surface area contributed by atoms with Crippen LogP contribution in [-0.2, 0) is 4.74 Å². The number of hydrogen-bond donors (Lipinski definition) is 1. The van der Waals surface area contributed by atoms with Crippen molar-refractivity contribution in [2.24, 2.45) is 5.73 Å². The van der Waals surface area contributed by atoms with Gasteiger partial charge in [0, 0.05) is 24.7 Å². The van der Waals surface area contributed by atoms with Crippen LogP contribution >= 0.6 is 0 Å². The highest BCUT2D eigenvalue weighted by Crippen LogP contribution is 2.26. The first kappa shape index (κ1) is 12.3. The maximum Gasteiger partial charge on any atom is 0.0622 e. The molecule has 1 aliphatic heterocycles. The van der Waals surface area contributed by atoms with Crippen molar-refractivity contribution in [2.45, 2.75) is 63.6 Å². The van der Waals surface area contributed by atoms with Crippen molar-refractivity contribution >= 4 is 0 Å². The summed E-state index contributed by atoms with van der Waals surface area (Å²) < 4.78 is 5.53. The minimum Gasteiger partial charge on any atom is -0.380 e. The summed E-state index contributed by atoms with van der Waals surface area (Å²) >= 11 is 0. The largest absolute Gasteiger partial charge is 0.380 e. The Morgan fingerprint density at radius 2 is 1.88 bits per heavy atom. The Balaban J connectivity index is 1.90. The predicted molar refractivity (Wildman–Crippen MR) is 66.5 cm³/mol. The molecule has 2 fully saturated rings. The van der Waals surface area contributed by atoms with Crippen molar-refractivity contribution in [3.05, 3.63) is 0 Å². The summed E-state index contributed by atoms with van der Waals surface area (Å²) in [5.41, 5.74) is 5.98. The van der Waals surface area contributed by atoms with Crippen LogP contribution in [0.15, 0.2) is 0 Å². The van der Waals surface area contributed by atoms with Gasteiger partial charge in [0.25, 0.3) is 0 Å². The summed E-state index contributed by atoms with van der Waals surface area (Å²) in [6.45, 7) is 5.41. The molecule has 0 aromatic heterocycles. The summed E-state index contributed by atoms with van der Waals surface area (Å²) in [6.07, 6.45) is 7.47. The number of nitrogens with two attached hydrogens (primary N) is 1. The molecule has 0 bridgehead atoms. The minimum absolute atomic E-state index is 0.458. The Hall–Kier alpha value is -0.120. The molecular formula is C13H26N2O. The molecule has 1 saturated carbocycles. The highest BCUT2D eigenvalue weighted by Gasteiger charge is 2.30. The third kappa shape index (κ3) is 2.96. The van der Waals surface area contributed by atoms with Crippen molar-refractivity contribution in [3.63, 3.8) is 0 Å². The molecular weight excluding hydrogens is 200 g/mol. The van der Waals surface area contributed by atoms with Gasteiger partial charge >= 0.3 is 0 Å². The molecule has 94 valence electrons. The number of hydrogen-bond acceptors (Lipinski definition) is 3. The second kappa shape index (κ2) is 5.99. The molecule has 0 amide bonds. The molecule has 0 aromatic carbocycles. The highest BCUT2D eigenvalue weighted by molar-refractivity contribution is 4.86. The Bertz CT molecular complexity index is 196. The standard InChI is InChI=1S/C13H26N2O/c1-2-8-15(13-7-9-16-10-13)12-5-3-11(14)4-6-12/h11-13H,2-10,14H2,1H3. The normalized spacial score (nSPS) is 35.8. The van der Waals surface area contributed by atoms with E-state index in [1.54, 1.807) is 0 Å². The highest BCUT2D eigenvalue weighted by atomic mass is 16.5. The fraction of sp³-hybridized carbons (Fsp3) is 1.00. The van der Waals surface area contributed by atoms with E-state index < -0.39 is 0 Å². The van der Waals surface area contributed by atoms with E-state index in [1.807, 2.05) is 0 Å². The van der Waals surface area contributed by atoms with Gasteiger partial charge in [0.05, 0.1) is 6.61 Å². The molecule has 0 spiro atoms. The van der Waals surface area contributed by atoms with Gasteiger partial charge in [-0.1, -0.05) is 6.92 Å². The monoisotopic (exact) mass is 226 g/mol. The molecule has 2 N–H and O–H groups in total. The van der Waals surface area contributed by atoms with E-state index in [1.165, 1.54) is 45.1 Å². The molecule has 3 nitrogen and oxygen atoms in total. The predicted octanol–water partition coefficient (Wildman–Crippen LogP) is 1.76. The van der Waals surface area contributed by atoms with Gasteiger partial charge in [-0.2, -0.15) is 0 Å². The first-order chi connectivity index (χ1) is 7.81. The average Bonchev–Trinajstić information content (AvgIpc) is 2.81. The first-order valence-corrected chi connectivity index (χ1v) is 6.90. The van der Waals surface area contributed by atoms with Crippen molar-refractivity contribution in [3.8, 4) is 0 Å². The zero-order chi connectivity index (χ0) is 11.4. The van der Waals surface area contributed by atoms with E-state index in [0.29, 0.717) is 12.1 Å². The van der Waals surface area contributed by atoms with Gasteiger partial charge < -0.3 is 10.5 Å². The minimum atomic E-state index is 0.458. The van der Waals surface area contributed by atoms with E-state index in [0.717, 1.165) is 19.3 Å². The number of rotatable bonds is 4. The number of nitrogens with zero attached hydrogens (tertiary/aromatic N) is 1. The van der Waals surface area contributed by atoms with Gasteiger partial charge in [0.15, 0.2) is 0 Å². The van der Waals surface area contributed by atoms with Gasteiger partial charge in [-0.05, 0) is 45.1 Å². The van der Waals surface area contributed by atoms with Crippen LogP contribution in [-0.4, -0.2) is 42.8 Å². The third-order valence-corrected chi connectivity index (χ3v) is 4.07. The summed E-state index contributed by atoms with van der Waals surface area (Å²) in [5.74, 6) is 0. The Morgan fingerprint density at radius 1 is 1.12 bits per heavy atom. The molecule has 2 rings (SSSR count). The second-order valence-corrected chi connectivity index (χ2v) is 5.32. The molecule has 0 aromatic rings. The van der Waals surface area contributed by atoms with Crippen molar-refractivity contribution in [1.82, 2.24) is 4.90 Å². The van der Waals surface area contributed by atoms with Crippen LogP contribution in [0, 0.1) is 0 Å². The quantitative estimate of drug-likeness (QED) is 0.794. The van der Waals surface area contributed by atoms with Gasteiger partial charge in [-0.3, -0.25) is 4.90 Å². The molecule has 1 atom stereocenters. The lowest BCUT2D eigenvalue weighted by molar-refractivity contribution is 0.0848. The first-order valence-electron chi connectivity index (χ1n) is 6.90. The molecule has 1 aliphatic carbocycles. The lowest BCUT2D eigenvalue weighted by Gasteiger charge is -2.39. The Morgan fingerprint density at radius 3 is 2.44 bits per heavy atom. The fourth-order valence-electron chi connectivity index (χ4n) is 3.14. The summed E-state index contributed by atoms with van der Waals surface area (Å²) in [4.78, 5) is 2.71. The SMILES string of the molecule is CCCN(C1CCC(N)CC1)C1CCOC1. The van der Waals surface area contributed by atoms with E-state index >= 15 is 0 Å². The van der Waals surface area contributed by atoms with E-state index in [9.17, 15) is 0 Å². The van der Waals surface area contributed by atoms with E-state index in [4.69, 9.17) is 10.5 Å². The summed E-state index contributed by atoms with van der Waals surface area (Å²) in [5, 5.41) is 0. The van der Waals surface area contributed by atoms with Crippen LogP contribution in [0.3, 0.4) is 0 Å². The molecule has 3 heteroatoms. The summed E-state index contributed by atoms with van der Waals surface area (Å²) in [7, 11) is 0. The van der Waals surface area contributed by atoms with Crippen LogP contribution in [0.1, 0.15) is 45.4 Å². The lowest BCUT2D eigenvalue weighted by atomic mass is 9.89. The van der Waals surface area contributed by atoms with Crippen molar-refractivity contribution in [1.29, 1.82) is 0 Å².